The van der Waals surface area contributed by atoms with Crippen molar-refractivity contribution in [1.29, 1.82) is 0 Å². The minimum atomic E-state index is -0.336. The van der Waals surface area contributed by atoms with Crippen LogP contribution >= 0.6 is 0 Å². The number of anilines is 1. The zero-order chi connectivity index (χ0) is 13.7. The van der Waals surface area contributed by atoms with Gasteiger partial charge in [0.25, 0.3) is 0 Å². The third-order valence-corrected chi connectivity index (χ3v) is 3.42. The summed E-state index contributed by atoms with van der Waals surface area (Å²) in [5, 5.41) is 3.42. The molecular weight excluding hydrogens is 243 g/mol. The number of terminal acetylenes is 1. The fourth-order valence-electron chi connectivity index (χ4n) is 2.35. The van der Waals surface area contributed by atoms with Crippen molar-refractivity contribution in [2.75, 3.05) is 32.1 Å². The second-order valence-corrected chi connectivity index (χ2v) is 4.75. The van der Waals surface area contributed by atoms with Gasteiger partial charge in [0.05, 0.1) is 13.7 Å². The van der Waals surface area contributed by atoms with Crippen LogP contribution < -0.4 is 10.1 Å². The molecule has 1 saturated heterocycles. The Kier molecular flexibility index (Phi) is 4.64. The van der Waals surface area contributed by atoms with Crippen molar-refractivity contribution in [3.63, 3.8) is 0 Å². The molecule has 0 bridgehead atoms. The van der Waals surface area contributed by atoms with Crippen molar-refractivity contribution < 1.29 is 9.13 Å². The van der Waals surface area contributed by atoms with Gasteiger partial charge in [-0.2, -0.15) is 0 Å². The van der Waals surface area contributed by atoms with Crippen LogP contribution in [0.4, 0.5) is 10.1 Å². The maximum absolute atomic E-state index is 13.3. The van der Waals surface area contributed by atoms with E-state index in [1.165, 1.54) is 13.2 Å². The largest absolute Gasteiger partial charge is 0.494 e. The van der Waals surface area contributed by atoms with E-state index < -0.39 is 0 Å². The third-order valence-electron chi connectivity index (χ3n) is 3.42. The summed E-state index contributed by atoms with van der Waals surface area (Å²) in [6.07, 6.45) is 7.39. The number of ether oxygens (including phenoxy) is 1. The summed E-state index contributed by atoms with van der Waals surface area (Å²) in [4.78, 5) is 2.27. The Morgan fingerprint density at radius 1 is 1.47 bits per heavy atom. The molecule has 1 aromatic carbocycles. The Balaban J connectivity index is 1.90. The van der Waals surface area contributed by atoms with Crippen LogP contribution in [-0.2, 0) is 0 Å². The van der Waals surface area contributed by atoms with E-state index in [9.17, 15) is 4.39 Å². The first-order valence-corrected chi connectivity index (χ1v) is 6.49. The fraction of sp³-hybridized carbons (Fsp3) is 0.467. The predicted octanol–water partition coefficient (Wildman–Crippen LogP) is 2.34. The molecule has 1 aliphatic rings. The highest BCUT2D eigenvalue weighted by molar-refractivity contribution is 5.49. The minimum absolute atomic E-state index is 0.273. The van der Waals surface area contributed by atoms with Gasteiger partial charge in [-0.15, -0.1) is 6.42 Å². The second kappa shape index (κ2) is 6.44. The van der Waals surface area contributed by atoms with Gasteiger partial charge in [-0.05, 0) is 25.0 Å². The van der Waals surface area contributed by atoms with Crippen LogP contribution in [0, 0.1) is 18.2 Å². The zero-order valence-corrected chi connectivity index (χ0v) is 11.2. The van der Waals surface area contributed by atoms with Gasteiger partial charge < -0.3 is 10.1 Å². The van der Waals surface area contributed by atoms with Crippen LogP contribution in [0.25, 0.3) is 0 Å². The average molecular weight is 262 g/mol. The van der Waals surface area contributed by atoms with Crippen molar-refractivity contribution in [3.05, 3.63) is 24.0 Å². The van der Waals surface area contributed by atoms with Gasteiger partial charge in [0.2, 0.25) is 0 Å². The maximum Gasteiger partial charge on any atom is 0.165 e. The maximum atomic E-state index is 13.3. The second-order valence-electron chi connectivity index (χ2n) is 4.75. The van der Waals surface area contributed by atoms with E-state index >= 15 is 0 Å². The monoisotopic (exact) mass is 262 g/mol. The van der Waals surface area contributed by atoms with E-state index in [1.807, 2.05) is 0 Å². The molecule has 0 spiro atoms. The quantitative estimate of drug-likeness (QED) is 0.843. The molecule has 1 aliphatic heterocycles. The summed E-state index contributed by atoms with van der Waals surface area (Å²) < 4.78 is 18.3. The third kappa shape index (κ3) is 3.62. The molecule has 0 atom stereocenters. The molecule has 4 heteroatoms. The smallest absolute Gasteiger partial charge is 0.165 e. The number of piperidine rings is 1. The molecule has 0 radical (unpaired) electrons. The first-order chi connectivity index (χ1) is 9.22. The van der Waals surface area contributed by atoms with Crippen molar-refractivity contribution >= 4 is 5.69 Å². The lowest BCUT2D eigenvalue weighted by atomic mass is 10.0. The topological polar surface area (TPSA) is 24.5 Å². The normalized spacial score (nSPS) is 16.9. The van der Waals surface area contributed by atoms with Gasteiger partial charge in [-0.3, -0.25) is 4.90 Å². The standard InChI is InChI=1S/C15H19FN2O/c1-3-8-18-9-6-12(7-10-18)17-13-4-5-14(16)15(11-13)19-2/h1,4-5,11-12,17H,6-10H2,2H3. The lowest BCUT2D eigenvalue weighted by molar-refractivity contribution is 0.243. The highest BCUT2D eigenvalue weighted by Crippen LogP contribution is 2.23. The molecule has 1 N–H and O–H groups in total. The van der Waals surface area contributed by atoms with Gasteiger partial charge >= 0.3 is 0 Å². The Morgan fingerprint density at radius 2 is 2.21 bits per heavy atom. The van der Waals surface area contributed by atoms with Crippen LogP contribution in [0.5, 0.6) is 5.75 Å². The van der Waals surface area contributed by atoms with E-state index in [1.54, 1.807) is 12.1 Å². The van der Waals surface area contributed by atoms with Crippen LogP contribution in [-0.4, -0.2) is 37.7 Å². The Labute approximate surface area is 113 Å². The van der Waals surface area contributed by atoms with Gasteiger partial charge in [0, 0.05) is 30.9 Å². The van der Waals surface area contributed by atoms with Gasteiger partial charge in [-0.25, -0.2) is 4.39 Å². The number of hydrogen-bond acceptors (Lipinski definition) is 3. The zero-order valence-electron chi connectivity index (χ0n) is 11.2. The fourth-order valence-corrected chi connectivity index (χ4v) is 2.35. The molecule has 19 heavy (non-hydrogen) atoms. The number of halogens is 1. The van der Waals surface area contributed by atoms with E-state index in [0.717, 1.165) is 38.2 Å². The molecule has 0 unspecified atom stereocenters. The van der Waals surface area contributed by atoms with Crippen molar-refractivity contribution in [1.82, 2.24) is 4.90 Å². The summed E-state index contributed by atoms with van der Waals surface area (Å²) in [6.45, 7) is 2.72. The molecule has 0 aromatic heterocycles. The highest BCUT2D eigenvalue weighted by Gasteiger charge is 2.18. The number of nitrogens with zero attached hydrogens (tertiary/aromatic N) is 1. The van der Waals surface area contributed by atoms with E-state index in [2.05, 4.69) is 16.1 Å². The molecule has 0 saturated carbocycles. The van der Waals surface area contributed by atoms with Gasteiger partial charge in [-0.1, -0.05) is 5.92 Å². The number of rotatable bonds is 4. The van der Waals surface area contributed by atoms with Crippen LogP contribution in [0.2, 0.25) is 0 Å². The molecule has 2 rings (SSSR count). The van der Waals surface area contributed by atoms with Crippen molar-refractivity contribution in [2.24, 2.45) is 0 Å². The number of hydrogen-bond donors (Lipinski definition) is 1. The van der Waals surface area contributed by atoms with Crippen LogP contribution in [0.15, 0.2) is 18.2 Å². The molecule has 0 amide bonds. The lowest BCUT2D eigenvalue weighted by Gasteiger charge is -2.31. The summed E-state index contributed by atoms with van der Waals surface area (Å²) in [5.74, 6) is 2.61. The van der Waals surface area contributed by atoms with Gasteiger partial charge in [0.1, 0.15) is 0 Å². The highest BCUT2D eigenvalue weighted by atomic mass is 19.1. The predicted molar refractivity (Wildman–Crippen MR) is 74.9 cm³/mol. The van der Waals surface area contributed by atoms with Crippen LogP contribution in [0.3, 0.4) is 0 Å². The molecular formula is C15H19FN2O. The van der Waals surface area contributed by atoms with E-state index in [-0.39, 0.29) is 11.6 Å². The van der Waals surface area contributed by atoms with E-state index in [4.69, 9.17) is 11.2 Å². The Bertz CT molecular complexity index is 462. The summed E-state index contributed by atoms with van der Waals surface area (Å²) in [7, 11) is 1.47. The molecule has 1 heterocycles. The molecule has 0 aliphatic carbocycles. The first-order valence-electron chi connectivity index (χ1n) is 6.49. The number of methoxy groups -OCH3 is 1. The molecule has 1 fully saturated rings. The summed E-state index contributed by atoms with van der Waals surface area (Å²) in [5.41, 5.74) is 0.897. The van der Waals surface area contributed by atoms with Crippen LogP contribution in [0.1, 0.15) is 12.8 Å². The number of likely N-dealkylation sites (tertiary alicyclic amines) is 1. The molecule has 1 aromatic rings. The Hall–Kier alpha value is -1.73. The SMILES string of the molecule is C#CCN1CCC(Nc2ccc(F)c(OC)c2)CC1. The van der Waals surface area contributed by atoms with Crippen molar-refractivity contribution in [3.8, 4) is 18.1 Å². The number of nitrogens with one attached hydrogen (secondary N) is 1. The first kappa shape index (κ1) is 13.7. The van der Waals surface area contributed by atoms with Crippen molar-refractivity contribution in [2.45, 2.75) is 18.9 Å². The average Bonchev–Trinajstić information content (AvgIpc) is 2.43. The Morgan fingerprint density at radius 3 is 2.84 bits per heavy atom. The lowest BCUT2D eigenvalue weighted by Crippen LogP contribution is -2.39. The van der Waals surface area contributed by atoms with E-state index in [0.29, 0.717) is 6.04 Å². The summed E-state index contributed by atoms with van der Waals surface area (Å²) in [6, 6.07) is 5.27. The minimum Gasteiger partial charge on any atom is -0.494 e. The molecule has 3 nitrogen and oxygen atoms in total. The molecule has 102 valence electrons. The summed E-state index contributed by atoms with van der Waals surface area (Å²) >= 11 is 0. The van der Waals surface area contributed by atoms with Gasteiger partial charge in [0.15, 0.2) is 11.6 Å². The number of benzene rings is 1.